The van der Waals surface area contributed by atoms with E-state index < -0.39 is 74.4 Å². The summed E-state index contributed by atoms with van der Waals surface area (Å²) in [5.74, 6) is 0.595. The van der Waals surface area contributed by atoms with Crippen LogP contribution in [0.15, 0.2) is 5.10 Å². The maximum absolute atomic E-state index is 12.3. The SMILES string of the molecule is C/C(CC1OC(CO)[C@H](OC2OC(CO)[C@H](O)[C@H](O)[C@H]2O)[C@H](O)[C@H]1O)=N\NC(=O)CCCCC1SCC2NC(=O)NC21. The molecule has 4 aliphatic rings. The molecule has 240 valence electrons. The Morgan fingerprint density at radius 3 is 2.40 bits per heavy atom. The van der Waals surface area contributed by atoms with E-state index in [1.165, 1.54) is 0 Å². The van der Waals surface area contributed by atoms with Crippen molar-refractivity contribution in [3.05, 3.63) is 0 Å². The first-order chi connectivity index (χ1) is 20.0. The predicted molar refractivity (Wildman–Crippen MR) is 146 cm³/mol. The van der Waals surface area contributed by atoms with E-state index in [2.05, 4.69) is 21.2 Å². The van der Waals surface area contributed by atoms with Crippen LogP contribution < -0.4 is 16.1 Å². The standard InChI is InChI=1S/C25H42N4O12S/c1-10(28-29-16(32)5-3-2-4-15-17-11(9-42-15)26-25(38)27-17)6-12-18(33)21(36)23(14(8-31)39-12)41-24-22(37)20(35)19(34)13(7-30)40-24/h11-15,17-24,30-31,33-37H,2-9H2,1H3,(H,29,32)(H2,26,27,38)/b28-10+/t11?,12?,13?,14?,15?,17?,18-,19-,20-,21+,22+,23-,24?/m0/s1. The highest BCUT2D eigenvalue weighted by Crippen LogP contribution is 2.33. The molecule has 17 heteroatoms. The Balaban J connectivity index is 1.21. The van der Waals surface area contributed by atoms with Gasteiger partial charge in [0.2, 0.25) is 5.91 Å². The highest BCUT2D eigenvalue weighted by Gasteiger charge is 2.50. The maximum atomic E-state index is 12.3. The number of ether oxygens (including phenoxy) is 3. The molecule has 4 aliphatic heterocycles. The molecule has 7 unspecified atom stereocenters. The second kappa shape index (κ2) is 14.9. The van der Waals surface area contributed by atoms with Crippen molar-refractivity contribution in [3.8, 4) is 0 Å². The Kier molecular flexibility index (Phi) is 11.8. The zero-order valence-electron chi connectivity index (χ0n) is 23.2. The molecule has 4 heterocycles. The fourth-order valence-electron chi connectivity index (χ4n) is 5.66. The van der Waals surface area contributed by atoms with E-state index in [0.29, 0.717) is 17.4 Å². The van der Waals surface area contributed by atoms with Gasteiger partial charge in [0.15, 0.2) is 6.29 Å². The minimum absolute atomic E-state index is 0.00296. The van der Waals surface area contributed by atoms with Crippen LogP contribution in [0.3, 0.4) is 0 Å². The van der Waals surface area contributed by atoms with E-state index in [9.17, 15) is 45.3 Å². The third-order valence-electron chi connectivity index (χ3n) is 8.05. The molecule has 0 aromatic rings. The summed E-state index contributed by atoms with van der Waals surface area (Å²) in [5, 5.41) is 81.1. The number of unbranched alkanes of at least 4 members (excludes halogenated alkanes) is 1. The van der Waals surface area contributed by atoms with Gasteiger partial charge in [0.25, 0.3) is 0 Å². The van der Waals surface area contributed by atoms with Crippen LogP contribution in [-0.2, 0) is 19.0 Å². The number of fused-ring (bicyclic) bond motifs is 1. The number of amides is 3. The second-order valence-corrected chi connectivity index (χ2v) is 12.4. The van der Waals surface area contributed by atoms with Gasteiger partial charge in [-0.1, -0.05) is 6.42 Å². The van der Waals surface area contributed by atoms with Gasteiger partial charge in [-0.3, -0.25) is 4.79 Å². The molecular formula is C25H42N4O12S. The fraction of sp³-hybridized carbons (Fsp3) is 0.880. The number of rotatable bonds is 12. The van der Waals surface area contributed by atoms with Crippen molar-refractivity contribution in [2.45, 2.75) is 118 Å². The smallest absolute Gasteiger partial charge is 0.315 e. The molecule has 0 saturated carbocycles. The zero-order chi connectivity index (χ0) is 30.6. The van der Waals surface area contributed by atoms with Crippen LogP contribution in [0, 0.1) is 0 Å². The summed E-state index contributed by atoms with van der Waals surface area (Å²) in [6, 6.07) is 0.158. The number of thioether (sulfide) groups is 1. The molecular weight excluding hydrogens is 580 g/mol. The lowest BCUT2D eigenvalue weighted by molar-refractivity contribution is -0.341. The van der Waals surface area contributed by atoms with Crippen LogP contribution in [0.5, 0.6) is 0 Å². The molecule has 0 aromatic heterocycles. The van der Waals surface area contributed by atoms with Gasteiger partial charge in [0, 0.05) is 29.6 Å². The van der Waals surface area contributed by atoms with Crippen molar-refractivity contribution >= 4 is 29.4 Å². The summed E-state index contributed by atoms with van der Waals surface area (Å²) in [6.45, 7) is 0.279. The number of hydrazone groups is 1. The highest BCUT2D eigenvalue weighted by atomic mass is 32.2. The van der Waals surface area contributed by atoms with Crippen molar-refractivity contribution < 1.29 is 59.5 Å². The molecule has 4 fully saturated rings. The van der Waals surface area contributed by atoms with Crippen molar-refractivity contribution in [1.82, 2.24) is 16.1 Å². The fourth-order valence-corrected chi connectivity index (χ4v) is 7.20. The van der Waals surface area contributed by atoms with E-state index >= 15 is 0 Å². The summed E-state index contributed by atoms with van der Waals surface area (Å²) >= 11 is 1.82. The molecule has 4 saturated heterocycles. The van der Waals surface area contributed by atoms with Crippen molar-refractivity contribution in [3.63, 3.8) is 0 Å². The lowest BCUT2D eigenvalue weighted by Gasteiger charge is -2.46. The van der Waals surface area contributed by atoms with E-state index in [1.54, 1.807) is 6.92 Å². The van der Waals surface area contributed by atoms with Crippen LogP contribution in [0.25, 0.3) is 0 Å². The molecule has 4 rings (SSSR count). The molecule has 16 nitrogen and oxygen atoms in total. The molecule has 13 atom stereocenters. The minimum atomic E-state index is -1.75. The third kappa shape index (κ3) is 7.71. The summed E-state index contributed by atoms with van der Waals surface area (Å²) in [6.07, 6.45) is -12.0. The van der Waals surface area contributed by atoms with Gasteiger partial charge in [0.05, 0.1) is 31.4 Å². The molecule has 10 N–H and O–H groups in total. The number of hydrogen-bond donors (Lipinski definition) is 10. The van der Waals surface area contributed by atoms with Gasteiger partial charge < -0.3 is 60.6 Å². The van der Waals surface area contributed by atoms with Crippen molar-refractivity contribution in [1.29, 1.82) is 0 Å². The molecule has 0 aliphatic carbocycles. The number of carbonyl (C=O) groups is 2. The second-order valence-electron chi connectivity index (χ2n) is 11.1. The molecule has 0 radical (unpaired) electrons. The number of urea groups is 1. The van der Waals surface area contributed by atoms with Crippen LogP contribution in [0.4, 0.5) is 4.79 Å². The molecule has 0 bridgehead atoms. The number of carbonyl (C=O) groups excluding carboxylic acids is 2. The summed E-state index contributed by atoms with van der Waals surface area (Å²) in [5.41, 5.74) is 2.87. The first-order valence-electron chi connectivity index (χ1n) is 14.1. The Hall–Kier alpha value is -1.64. The first-order valence-corrected chi connectivity index (χ1v) is 15.2. The van der Waals surface area contributed by atoms with Gasteiger partial charge in [-0.25, -0.2) is 10.2 Å². The topological polar surface area (TPSA) is 252 Å². The predicted octanol–water partition coefficient (Wildman–Crippen LogP) is -3.74. The number of nitrogens with zero attached hydrogens (tertiary/aromatic N) is 1. The summed E-state index contributed by atoms with van der Waals surface area (Å²) in [7, 11) is 0. The molecule has 42 heavy (non-hydrogen) atoms. The average Bonchev–Trinajstić information content (AvgIpc) is 3.52. The van der Waals surface area contributed by atoms with E-state index in [0.717, 1.165) is 18.6 Å². The number of nitrogens with one attached hydrogen (secondary N) is 3. The largest absolute Gasteiger partial charge is 0.394 e. The summed E-state index contributed by atoms with van der Waals surface area (Å²) in [4.78, 5) is 23.8. The quantitative estimate of drug-likeness (QED) is 0.0435. The van der Waals surface area contributed by atoms with Gasteiger partial charge >= 0.3 is 6.03 Å². The minimum Gasteiger partial charge on any atom is -0.394 e. The van der Waals surface area contributed by atoms with Crippen LogP contribution >= 0.6 is 11.8 Å². The molecule has 0 aromatic carbocycles. The molecule has 3 amide bonds. The Labute approximate surface area is 246 Å². The van der Waals surface area contributed by atoms with Gasteiger partial charge in [-0.05, 0) is 19.8 Å². The lowest BCUT2D eigenvalue weighted by atomic mass is 9.92. The van der Waals surface area contributed by atoms with E-state index in [4.69, 9.17) is 14.2 Å². The highest BCUT2D eigenvalue weighted by molar-refractivity contribution is 8.00. The first kappa shape index (κ1) is 33.3. The van der Waals surface area contributed by atoms with Crippen LogP contribution in [0.2, 0.25) is 0 Å². The monoisotopic (exact) mass is 622 g/mol. The van der Waals surface area contributed by atoms with Crippen molar-refractivity contribution in [2.75, 3.05) is 19.0 Å². The van der Waals surface area contributed by atoms with Crippen molar-refractivity contribution in [2.24, 2.45) is 5.10 Å². The Morgan fingerprint density at radius 2 is 1.69 bits per heavy atom. The van der Waals surface area contributed by atoms with E-state index in [1.807, 2.05) is 11.8 Å². The summed E-state index contributed by atoms with van der Waals surface area (Å²) < 4.78 is 16.6. The number of aliphatic hydroxyl groups is 7. The zero-order valence-corrected chi connectivity index (χ0v) is 24.0. The van der Waals surface area contributed by atoms with Crippen LogP contribution in [0.1, 0.15) is 39.0 Å². The maximum Gasteiger partial charge on any atom is 0.315 e. The average molecular weight is 623 g/mol. The van der Waals surface area contributed by atoms with Gasteiger partial charge in [-0.15, -0.1) is 0 Å². The molecule has 0 spiro atoms. The van der Waals surface area contributed by atoms with Gasteiger partial charge in [-0.2, -0.15) is 16.9 Å². The Morgan fingerprint density at radius 1 is 0.976 bits per heavy atom. The number of hydrogen-bond acceptors (Lipinski definition) is 14. The third-order valence-corrected chi connectivity index (χ3v) is 9.56. The lowest BCUT2D eigenvalue weighted by Crippen LogP contribution is -2.64. The Bertz CT molecular complexity index is 960. The van der Waals surface area contributed by atoms with Crippen LogP contribution in [-0.4, -0.2) is 151 Å². The number of aliphatic hydroxyl groups excluding tert-OH is 7. The van der Waals surface area contributed by atoms with E-state index in [-0.39, 0.29) is 36.9 Å². The normalized spacial score (nSPS) is 42.1. The van der Waals surface area contributed by atoms with Gasteiger partial charge in [0.1, 0.15) is 48.8 Å².